The van der Waals surface area contributed by atoms with E-state index in [0.717, 1.165) is 0 Å². The van der Waals surface area contributed by atoms with Crippen molar-refractivity contribution >= 4 is 44.0 Å². The summed E-state index contributed by atoms with van der Waals surface area (Å²) in [4.78, 5) is 26.6. The van der Waals surface area contributed by atoms with Crippen LogP contribution in [0.3, 0.4) is 0 Å². The fourth-order valence-electron chi connectivity index (χ4n) is 2.23. The molecule has 25 heavy (non-hydrogen) atoms. The van der Waals surface area contributed by atoms with Gasteiger partial charge < -0.3 is 10.6 Å². The lowest BCUT2D eigenvalue weighted by Crippen LogP contribution is -2.16. The van der Waals surface area contributed by atoms with Crippen LogP contribution in [0, 0.1) is 15.9 Å². The molecule has 3 aromatic rings. The van der Waals surface area contributed by atoms with E-state index >= 15 is 0 Å². The van der Waals surface area contributed by atoms with E-state index in [1.54, 1.807) is 24.3 Å². The van der Waals surface area contributed by atoms with Gasteiger partial charge in [0, 0.05) is 19.0 Å². The van der Waals surface area contributed by atoms with Gasteiger partial charge in [-0.15, -0.1) is 0 Å². The van der Waals surface area contributed by atoms with Crippen molar-refractivity contribution in [2.45, 2.75) is 6.42 Å². The third-order valence-corrected chi connectivity index (χ3v) is 4.30. The second kappa shape index (κ2) is 7.22. The number of carbonyl (C=O) groups is 1. The van der Waals surface area contributed by atoms with Gasteiger partial charge in [-0.05, 0) is 24.3 Å². The van der Waals surface area contributed by atoms with Gasteiger partial charge in [0.2, 0.25) is 5.91 Å². The smallest absolute Gasteiger partial charge is 0.292 e. The Morgan fingerprint density at radius 2 is 2.08 bits per heavy atom. The van der Waals surface area contributed by atoms with E-state index < -0.39 is 4.92 Å². The van der Waals surface area contributed by atoms with Gasteiger partial charge in [-0.1, -0.05) is 23.5 Å². The number of thiazole rings is 1. The third kappa shape index (κ3) is 4.07. The molecule has 1 amide bonds. The summed E-state index contributed by atoms with van der Waals surface area (Å²) < 4.78 is 13.8. The highest BCUT2D eigenvalue weighted by Crippen LogP contribution is 2.26. The molecular weight excluding hydrogens is 347 g/mol. The number of rotatable bonds is 6. The zero-order valence-electron chi connectivity index (χ0n) is 12.9. The van der Waals surface area contributed by atoms with Crippen LogP contribution in [0.2, 0.25) is 0 Å². The largest absolute Gasteiger partial charge is 0.379 e. The molecule has 2 aromatic carbocycles. The second-order valence-electron chi connectivity index (χ2n) is 5.13. The lowest BCUT2D eigenvalue weighted by Gasteiger charge is -2.06. The van der Waals surface area contributed by atoms with E-state index in [1.807, 2.05) is 0 Å². The van der Waals surface area contributed by atoms with Crippen molar-refractivity contribution in [1.29, 1.82) is 0 Å². The summed E-state index contributed by atoms with van der Waals surface area (Å²) in [5.41, 5.74) is 0.923. The van der Waals surface area contributed by atoms with Crippen molar-refractivity contribution in [2.75, 3.05) is 17.2 Å². The van der Waals surface area contributed by atoms with Gasteiger partial charge in [0.15, 0.2) is 5.13 Å². The molecule has 0 aliphatic heterocycles. The molecule has 0 unspecified atom stereocenters. The standard InChI is InChI=1S/C16H13FN4O3S/c17-10-5-6-12-14(9-10)25-16(19-12)20-15(22)7-8-18-11-3-1-2-4-13(11)21(23)24/h1-6,9,18H,7-8H2,(H,19,20,22). The van der Waals surface area contributed by atoms with E-state index in [4.69, 9.17) is 0 Å². The minimum Gasteiger partial charge on any atom is -0.379 e. The monoisotopic (exact) mass is 360 g/mol. The van der Waals surface area contributed by atoms with Crippen LogP contribution in [0.4, 0.5) is 20.9 Å². The molecule has 0 spiro atoms. The molecule has 0 radical (unpaired) electrons. The number of fused-ring (bicyclic) bond motifs is 1. The Kier molecular flexibility index (Phi) is 4.85. The Morgan fingerprint density at radius 1 is 1.28 bits per heavy atom. The van der Waals surface area contributed by atoms with E-state index in [9.17, 15) is 19.3 Å². The predicted molar refractivity (Wildman–Crippen MR) is 94.4 cm³/mol. The molecule has 0 bridgehead atoms. The molecule has 3 rings (SSSR count). The van der Waals surface area contributed by atoms with Crippen LogP contribution in [0.15, 0.2) is 42.5 Å². The van der Waals surface area contributed by atoms with Crippen LogP contribution in [-0.2, 0) is 4.79 Å². The van der Waals surface area contributed by atoms with Crippen molar-refractivity contribution in [1.82, 2.24) is 4.98 Å². The number of nitrogens with zero attached hydrogens (tertiary/aromatic N) is 2. The Hall–Kier alpha value is -3.07. The average molecular weight is 360 g/mol. The summed E-state index contributed by atoms with van der Waals surface area (Å²) in [6, 6.07) is 10.4. The van der Waals surface area contributed by atoms with Crippen molar-refractivity contribution in [3.63, 3.8) is 0 Å². The number of amides is 1. The molecule has 1 aromatic heterocycles. The van der Waals surface area contributed by atoms with Crippen LogP contribution in [0.5, 0.6) is 0 Å². The molecule has 9 heteroatoms. The Bertz CT molecular complexity index is 944. The first-order valence-corrected chi connectivity index (χ1v) is 8.18. The molecule has 1 heterocycles. The number of halogens is 1. The fourth-order valence-corrected chi connectivity index (χ4v) is 3.13. The number of benzene rings is 2. The fraction of sp³-hybridized carbons (Fsp3) is 0.125. The van der Waals surface area contributed by atoms with Gasteiger partial charge in [0.1, 0.15) is 11.5 Å². The second-order valence-corrected chi connectivity index (χ2v) is 6.16. The SMILES string of the molecule is O=C(CCNc1ccccc1[N+](=O)[O-])Nc1nc2ccc(F)cc2s1. The van der Waals surface area contributed by atoms with Crippen molar-refractivity contribution in [3.8, 4) is 0 Å². The number of para-hydroxylation sites is 2. The van der Waals surface area contributed by atoms with Gasteiger partial charge in [-0.2, -0.15) is 0 Å². The minimum absolute atomic E-state index is 0.0453. The molecule has 0 fully saturated rings. The summed E-state index contributed by atoms with van der Waals surface area (Å²) in [6.07, 6.45) is 0.107. The maximum atomic E-state index is 13.2. The quantitative estimate of drug-likeness (QED) is 0.515. The highest BCUT2D eigenvalue weighted by atomic mass is 32.1. The maximum Gasteiger partial charge on any atom is 0.292 e. The molecular formula is C16H13FN4O3S. The van der Waals surface area contributed by atoms with E-state index in [-0.39, 0.29) is 30.4 Å². The van der Waals surface area contributed by atoms with Gasteiger partial charge in [0.25, 0.3) is 5.69 Å². The van der Waals surface area contributed by atoms with Gasteiger partial charge in [0.05, 0.1) is 15.1 Å². The number of aromatic nitrogens is 1. The van der Waals surface area contributed by atoms with Crippen LogP contribution in [0.1, 0.15) is 6.42 Å². The first-order chi connectivity index (χ1) is 12.0. The molecule has 0 saturated carbocycles. The third-order valence-electron chi connectivity index (χ3n) is 3.37. The summed E-state index contributed by atoms with van der Waals surface area (Å²) in [5.74, 6) is -0.645. The van der Waals surface area contributed by atoms with E-state index in [0.29, 0.717) is 21.0 Å². The molecule has 2 N–H and O–H groups in total. The van der Waals surface area contributed by atoms with E-state index in [1.165, 1.54) is 29.5 Å². The summed E-state index contributed by atoms with van der Waals surface area (Å²) >= 11 is 1.18. The Labute approximate surface area is 145 Å². The Balaban J connectivity index is 1.57. The Morgan fingerprint density at radius 3 is 2.88 bits per heavy atom. The maximum absolute atomic E-state index is 13.2. The lowest BCUT2D eigenvalue weighted by molar-refractivity contribution is -0.384. The number of carbonyl (C=O) groups excluding carboxylic acids is 1. The first kappa shape index (κ1) is 16.8. The van der Waals surface area contributed by atoms with Crippen LogP contribution < -0.4 is 10.6 Å². The number of anilines is 2. The summed E-state index contributed by atoms with van der Waals surface area (Å²) in [5, 5.41) is 16.8. The van der Waals surface area contributed by atoms with E-state index in [2.05, 4.69) is 15.6 Å². The lowest BCUT2D eigenvalue weighted by atomic mass is 10.2. The van der Waals surface area contributed by atoms with Gasteiger partial charge in [-0.25, -0.2) is 9.37 Å². The topological polar surface area (TPSA) is 97.2 Å². The minimum atomic E-state index is -0.483. The number of hydrogen-bond acceptors (Lipinski definition) is 6. The van der Waals surface area contributed by atoms with Crippen molar-refractivity contribution in [3.05, 3.63) is 58.4 Å². The van der Waals surface area contributed by atoms with Crippen LogP contribution in [0.25, 0.3) is 10.2 Å². The highest BCUT2D eigenvalue weighted by Gasteiger charge is 2.13. The normalized spacial score (nSPS) is 10.6. The number of nitro groups is 1. The molecule has 128 valence electrons. The van der Waals surface area contributed by atoms with Crippen LogP contribution >= 0.6 is 11.3 Å². The molecule has 0 atom stereocenters. The molecule has 0 aliphatic carbocycles. The molecule has 0 aliphatic rings. The number of nitro benzene ring substituents is 1. The zero-order valence-corrected chi connectivity index (χ0v) is 13.7. The van der Waals surface area contributed by atoms with Crippen LogP contribution in [-0.4, -0.2) is 22.4 Å². The van der Waals surface area contributed by atoms with Gasteiger partial charge in [-0.3, -0.25) is 14.9 Å². The summed E-state index contributed by atoms with van der Waals surface area (Å²) in [7, 11) is 0. The highest BCUT2D eigenvalue weighted by molar-refractivity contribution is 7.22. The first-order valence-electron chi connectivity index (χ1n) is 7.36. The average Bonchev–Trinajstić information content (AvgIpc) is 2.96. The predicted octanol–water partition coefficient (Wildman–Crippen LogP) is 3.78. The summed E-state index contributed by atoms with van der Waals surface area (Å²) in [6.45, 7) is 0.232. The number of nitrogens with one attached hydrogen (secondary N) is 2. The van der Waals surface area contributed by atoms with Crippen molar-refractivity contribution in [2.24, 2.45) is 0 Å². The molecule has 7 nitrogen and oxygen atoms in total. The molecule has 0 saturated heterocycles. The van der Waals surface area contributed by atoms with Gasteiger partial charge >= 0.3 is 0 Å². The zero-order chi connectivity index (χ0) is 17.8. The number of hydrogen-bond donors (Lipinski definition) is 2. The van der Waals surface area contributed by atoms with Crippen molar-refractivity contribution < 1.29 is 14.1 Å².